The van der Waals surface area contributed by atoms with Crippen molar-refractivity contribution in [1.82, 2.24) is 10.3 Å². The van der Waals surface area contributed by atoms with Crippen molar-refractivity contribution >= 4 is 17.6 Å². The third-order valence-electron chi connectivity index (χ3n) is 4.30. The molecule has 0 aliphatic rings. The highest BCUT2D eigenvalue weighted by atomic mass is 35.5. The van der Waals surface area contributed by atoms with Crippen molar-refractivity contribution in [3.8, 4) is 11.1 Å². The van der Waals surface area contributed by atoms with Crippen molar-refractivity contribution in [2.75, 3.05) is 13.7 Å². The number of aromatic nitrogens is 1. The van der Waals surface area contributed by atoms with Gasteiger partial charge in [0.1, 0.15) is 5.69 Å². The number of carbonyl (C=O) groups excluding carboxylic acids is 1. The van der Waals surface area contributed by atoms with Crippen molar-refractivity contribution in [1.29, 1.82) is 0 Å². The predicted molar refractivity (Wildman–Crippen MR) is 102 cm³/mol. The van der Waals surface area contributed by atoms with E-state index in [9.17, 15) is 20.1 Å². The molecule has 0 saturated carbocycles. The Hall–Kier alpha value is -1.90. The maximum atomic E-state index is 12.3. The zero-order chi connectivity index (χ0) is 20.0. The number of aliphatic hydroxyl groups is 3. The molecule has 1 aromatic heterocycles. The van der Waals surface area contributed by atoms with E-state index in [1.54, 1.807) is 19.2 Å². The first-order valence-corrected chi connectivity index (χ1v) is 9.10. The molecule has 0 radical (unpaired) electrons. The molecule has 27 heavy (non-hydrogen) atoms. The lowest BCUT2D eigenvalue weighted by Gasteiger charge is -2.16. The second-order valence-electron chi connectivity index (χ2n) is 6.04. The van der Waals surface area contributed by atoms with E-state index in [4.69, 9.17) is 16.3 Å². The third-order valence-corrected chi connectivity index (χ3v) is 4.67. The van der Waals surface area contributed by atoms with Gasteiger partial charge in [0.05, 0.1) is 31.5 Å². The van der Waals surface area contributed by atoms with Crippen molar-refractivity contribution in [2.45, 2.75) is 39.7 Å². The van der Waals surface area contributed by atoms with Crippen LogP contribution in [-0.2, 0) is 31.1 Å². The molecule has 0 bridgehead atoms. The highest BCUT2D eigenvalue weighted by Crippen LogP contribution is 2.38. The second-order valence-corrected chi connectivity index (χ2v) is 6.42. The minimum absolute atomic E-state index is 0.144. The summed E-state index contributed by atoms with van der Waals surface area (Å²) in [6.07, 6.45) is 0.692. The summed E-state index contributed by atoms with van der Waals surface area (Å²) in [4.78, 5) is 15.3. The minimum Gasteiger partial charge on any atom is -0.461 e. The van der Waals surface area contributed by atoms with Gasteiger partial charge in [-0.2, -0.15) is 0 Å². The summed E-state index contributed by atoms with van der Waals surface area (Å²) >= 11 is 6.52. The highest BCUT2D eigenvalue weighted by molar-refractivity contribution is 6.36. The molecule has 5 N–H and O–H groups in total. The molecule has 0 amide bonds. The molecule has 2 rings (SSSR count). The molecule has 0 saturated heterocycles. The molecular formula is C19H25ClN2O5. The zero-order valence-electron chi connectivity index (χ0n) is 15.4. The number of ether oxygens (including phenoxy) is 1. The number of nitrogens with one attached hydrogen (secondary N) is 2. The van der Waals surface area contributed by atoms with Gasteiger partial charge in [0.25, 0.3) is 0 Å². The van der Waals surface area contributed by atoms with Crippen LogP contribution in [0.5, 0.6) is 0 Å². The van der Waals surface area contributed by atoms with E-state index in [0.717, 1.165) is 0 Å². The second kappa shape index (κ2) is 9.87. The molecular weight excluding hydrogens is 372 g/mol. The van der Waals surface area contributed by atoms with Gasteiger partial charge in [0.15, 0.2) is 0 Å². The van der Waals surface area contributed by atoms with Crippen molar-refractivity contribution in [2.24, 2.45) is 0 Å². The van der Waals surface area contributed by atoms with E-state index in [2.05, 4.69) is 10.3 Å². The van der Waals surface area contributed by atoms with Crippen LogP contribution in [0.25, 0.3) is 11.1 Å². The van der Waals surface area contributed by atoms with Crippen LogP contribution in [0.15, 0.2) is 12.1 Å². The summed E-state index contributed by atoms with van der Waals surface area (Å²) in [5.74, 6) is -0.551. The number of rotatable bonds is 9. The average Bonchev–Trinajstić information content (AvgIpc) is 3.00. The molecule has 0 unspecified atom stereocenters. The fourth-order valence-electron chi connectivity index (χ4n) is 3.02. The standard InChI is InChI=1S/C19H25ClN2O5/c1-3-6-27-19(26)18-17(20)16(15(22-18)7-21-2)12-5-4-11(8-23)13(9-24)14(12)10-25/h4-5,21-25H,3,6-10H2,1-2H3. The number of hydrogen-bond donors (Lipinski definition) is 5. The minimum atomic E-state index is -0.551. The fourth-order valence-corrected chi connectivity index (χ4v) is 3.37. The Bertz CT molecular complexity index is 804. The maximum Gasteiger partial charge on any atom is 0.356 e. The topological polar surface area (TPSA) is 115 Å². The van der Waals surface area contributed by atoms with Crippen molar-refractivity contribution < 1.29 is 24.9 Å². The monoisotopic (exact) mass is 396 g/mol. The number of halogens is 1. The molecule has 2 aromatic rings. The number of carbonyl (C=O) groups is 1. The highest BCUT2D eigenvalue weighted by Gasteiger charge is 2.25. The van der Waals surface area contributed by atoms with E-state index in [0.29, 0.717) is 46.5 Å². The van der Waals surface area contributed by atoms with Crippen LogP contribution in [0.2, 0.25) is 5.02 Å². The van der Waals surface area contributed by atoms with Crippen LogP contribution in [0.1, 0.15) is 46.2 Å². The summed E-state index contributed by atoms with van der Waals surface area (Å²) in [7, 11) is 1.76. The van der Waals surface area contributed by atoms with Crippen LogP contribution in [0, 0.1) is 0 Å². The van der Waals surface area contributed by atoms with Gasteiger partial charge in [-0.1, -0.05) is 30.7 Å². The van der Waals surface area contributed by atoms with Gasteiger partial charge in [0, 0.05) is 17.8 Å². The lowest BCUT2D eigenvalue weighted by atomic mass is 9.92. The van der Waals surface area contributed by atoms with E-state index in [1.165, 1.54) is 0 Å². The van der Waals surface area contributed by atoms with Gasteiger partial charge in [-0.25, -0.2) is 4.79 Å². The van der Waals surface area contributed by atoms with Crippen LogP contribution >= 0.6 is 11.6 Å². The van der Waals surface area contributed by atoms with Gasteiger partial charge in [0.2, 0.25) is 0 Å². The smallest absolute Gasteiger partial charge is 0.356 e. The number of aromatic amines is 1. The number of hydrogen-bond acceptors (Lipinski definition) is 6. The van der Waals surface area contributed by atoms with Crippen molar-refractivity contribution in [3.05, 3.63) is 45.2 Å². The van der Waals surface area contributed by atoms with E-state index in [1.807, 2.05) is 6.92 Å². The summed E-state index contributed by atoms with van der Waals surface area (Å²) < 4.78 is 5.18. The van der Waals surface area contributed by atoms with Gasteiger partial charge in [-0.15, -0.1) is 0 Å². The molecule has 0 aliphatic heterocycles. The lowest BCUT2D eigenvalue weighted by Crippen LogP contribution is -2.09. The Labute approximate surface area is 162 Å². The third kappa shape index (κ3) is 4.34. The summed E-state index contributed by atoms with van der Waals surface area (Å²) in [5.41, 5.74) is 3.36. The number of H-pyrrole nitrogens is 1. The quantitative estimate of drug-likeness (QED) is 0.415. The number of benzene rings is 1. The summed E-state index contributed by atoms with van der Waals surface area (Å²) in [6, 6.07) is 3.38. The van der Waals surface area contributed by atoms with E-state index in [-0.39, 0.29) is 37.1 Å². The Morgan fingerprint density at radius 2 is 1.89 bits per heavy atom. The fraction of sp³-hybridized carbons (Fsp3) is 0.421. The Morgan fingerprint density at radius 1 is 1.19 bits per heavy atom. The van der Waals surface area contributed by atoms with Crippen molar-refractivity contribution in [3.63, 3.8) is 0 Å². The van der Waals surface area contributed by atoms with Gasteiger partial charge >= 0.3 is 5.97 Å². The lowest BCUT2D eigenvalue weighted by molar-refractivity contribution is 0.0499. The van der Waals surface area contributed by atoms with Crippen LogP contribution in [0.3, 0.4) is 0 Å². The first-order chi connectivity index (χ1) is 13.0. The first-order valence-electron chi connectivity index (χ1n) is 8.72. The number of esters is 1. The largest absolute Gasteiger partial charge is 0.461 e. The van der Waals surface area contributed by atoms with E-state index < -0.39 is 5.97 Å². The summed E-state index contributed by atoms with van der Waals surface area (Å²) in [5, 5.41) is 32.3. The molecule has 8 heteroatoms. The first kappa shape index (κ1) is 21.4. The Balaban J connectivity index is 2.67. The SMILES string of the molecule is CCCOC(=O)c1[nH]c(CNC)c(-c2ccc(CO)c(CO)c2CO)c1Cl. The number of aliphatic hydroxyl groups excluding tert-OH is 3. The average molecular weight is 397 g/mol. The van der Waals surface area contributed by atoms with Crippen LogP contribution in [0.4, 0.5) is 0 Å². The van der Waals surface area contributed by atoms with E-state index >= 15 is 0 Å². The van der Waals surface area contributed by atoms with Gasteiger partial charge in [-0.05, 0) is 35.7 Å². The van der Waals surface area contributed by atoms with Crippen LogP contribution < -0.4 is 5.32 Å². The molecule has 148 valence electrons. The molecule has 1 heterocycles. The van der Waals surface area contributed by atoms with Gasteiger partial charge in [-0.3, -0.25) is 0 Å². The Morgan fingerprint density at radius 3 is 2.44 bits per heavy atom. The van der Waals surface area contributed by atoms with Gasteiger partial charge < -0.3 is 30.4 Å². The summed E-state index contributed by atoms with van der Waals surface area (Å²) in [6.45, 7) is 1.63. The molecule has 7 nitrogen and oxygen atoms in total. The Kier molecular flexibility index (Phi) is 7.82. The molecule has 0 spiro atoms. The normalized spacial score (nSPS) is 11.0. The zero-order valence-corrected chi connectivity index (χ0v) is 16.2. The molecule has 0 atom stereocenters. The van der Waals surface area contributed by atoms with Crippen LogP contribution in [-0.4, -0.2) is 39.9 Å². The predicted octanol–water partition coefficient (Wildman–Crippen LogP) is 2.10. The maximum absolute atomic E-state index is 12.3. The molecule has 0 fully saturated rings. The molecule has 0 aliphatic carbocycles. The molecule has 1 aromatic carbocycles.